The van der Waals surface area contributed by atoms with Gasteiger partial charge in [0.25, 0.3) is 0 Å². The van der Waals surface area contributed by atoms with Gasteiger partial charge in [0.15, 0.2) is 5.96 Å². The van der Waals surface area contributed by atoms with Crippen LogP contribution in [-0.4, -0.2) is 274 Å². The van der Waals surface area contributed by atoms with Crippen LogP contribution < -0.4 is 104 Å². The van der Waals surface area contributed by atoms with E-state index in [4.69, 9.17) is 45.5 Å². The second kappa shape index (κ2) is 50.8. The number of nitrogens with one attached hydrogen (secondary N) is 13. The van der Waals surface area contributed by atoms with Gasteiger partial charge in [-0.05, 0) is 174 Å². The first-order valence-corrected chi connectivity index (χ1v) is 39.9. The number of carboxylic acid groups (broad SMARTS) is 2. The fourth-order valence-corrected chi connectivity index (χ4v) is 13.4. The molecule has 0 aromatic heterocycles. The Morgan fingerprint density at radius 3 is 1.16 bits per heavy atom. The minimum absolute atomic E-state index is 0.00456. The lowest BCUT2D eigenvalue weighted by Crippen LogP contribution is -2.61. The van der Waals surface area contributed by atoms with Crippen LogP contribution in [0.1, 0.15) is 196 Å². The highest BCUT2D eigenvalue weighted by molar-refractivity contribution is 6.01. The Bertz CT molecular complexity index is 3420. The van der Waals surface area contributed by atoms with Crippen molar-refractivity contribution in [1.29, 1.82) is 5.41 Å². The maximum atomic E-state index is 14.8. The third-order valence-electron chi connectivity index (χ3n) is 20.2. The van der Waals surface area contributed by atoms with Gasteiger partial charge in [0.1, 0.15) is 84.6 Å². The van der Waals surface area contributed by atoms with Gasteiger partial charge in [0, 0.05) is 45.4 Å². The van der Waals surface area contributed by atoms with Crippen LogP contribution in [-0.2, 0) is 86.3 Å². The summed E-state index contributed by atoms with van der Waals surface area (Å²) < 4.78 is 0. The fraction of sp³-hybridized carbons (Fsp3) is 0.740. The van der Waals surface area contributed by atoms with E-state index in [0.29, 0.717) is 45.1 Å². The fourth-order valence-electron chi connectivity index (χ4n) is 13.4. The van der Waals surface area contributed by atoms with E-state index < -0.39 is 228 Å². The van der Waals surface area contributed by atoms with E-state index in [-0.39, 0.29) is 136 Å². The summed E-state index contributed by atoms with van der Waals surface area (Å²) in [5.41, 5.74) is 39.5. The molecule has 0 aromatic rings. The second-order valence-corrected chi connectivity index (χ2v) is 30.3. The van der Waals surface area contributed by atoms with Gasteiger partial charge < -0.3 is 129 Å². The number of likely N-dealkylation sites (tertiary alicyclic amines) is 3. The molecule has 116 heavy (non-hydrogen) atoms. The molecule has 0 bridgehead atoms. The van der Waals surface area contributed by atoms with Crippen LogP contribution >= 0.6 is 0 Å². The molecule has 0 aromatic carbocycles. The average molecular weight is 1650 g/mol. The number of nitrogens with two attached hydrogens (primary N) is 7. The van der Waals surface area contributed by atoms with Crippen molar-refractivity contribution in [1.82, 2.24) is 78.5 Å². The van der Waals surface area contributed by atoms with E-state index in [0.717, 1.165) is 0 Å². The predicted molar refractivity (Wildman–Crippen MR) is 419 cm³/mol. The molecule has 29 N–H and O–H groups in total. The smallest absolute Gasteiger partial charge is 0.326 e. The molecule has 0 radical (unpaired) electrons. The Hall–Kier alpha value is -10.4. The molecule has 654 valence electrons. The van der Waals surface area contributed by atoms with Gasteiger partial charge in [-0.1, -0.05) is 34.1 Å². The van der Waals surface area contributed by atoms with E-state index in [1.807, 2.05) is 0 Å². The molecule has 0 spiro atoms. The van der Waals surface area contributed by atoms with Crippen molar-refractivity contribution in [3.63, 3.8) is 0 Å². The Morgan fingerprint density at radius 2 is 0.716 bits per heavy atom. The monoisotopic (exact) mass is 1650 g/mol. The predicted octanol–water partition coefficient (Wildman–Crippen LogP) is -6.88. The summed E-state index contributed by atoms with van der Waals surface area (Å²) in [5.74, 6) is -17.4. The first kappa shape index (κ1) is 99.8. The number of amides is 16. The van der Waals surface area contributed by atoms with E-state index >= 15 is 0 Å². The van der Waals surface area contributed by atoms with Crippen LogP contribution in [0.5, 0.6) is 0 Å². The number of primary amides is 2. The highest BCUT2D eigenvalue weighted by Crippen LogP contribution is 2.26. The highest BCUT2D eigenvalue weighted by Gasteiger charge is 2.45. The number of carbonyl (C=O) groups excluding carboxylic acids is 16. The summed E-state index contributed by atoms with van der Waals surface area (Å²) in [4.78, 5) is 248. The lowest BCUT2D eigenvalue weighted by Gasteiger charge is -2.33. The van der Waals surface area contributed by atoms with Crippen molar-refractivity contribution in [3.05, 3.63) is 0 Å². The molecule has 0 unspecified atom stereocenters. The lowest BCUT2D eigenvalue weighted by atomic mass is 10.0. The van der Waals surface area contributed by atoms with Crippen molar-refractivity contribution in [3.8, 4) is 0 Å². The molecule has 3 heterocycles. The first-order chi connectivity index (χ1) is 54.7. The molecule has 0 aliphatic carbocycles. The van der Waals surface area contributed by atoms with Gasteiger partial charge in [-0.2, -0.15) is 0 Å². The van der Waals surface area contributed by atoms with E-state index in [1.165, 1.54) is 35.5 Å². The lowest BCUT2D eigenvalue weighted by molar-refractivity contribution is -0.145. The van der Waals surface area contributed by atoms with Crippen molar-refractivity contribution < 1.29 is 96.5 Å². The Balaban J connectivity index is 1.82. The molecule has 15 atom stereocenters. The van der Waals surface area contributed by atoms with Crippen LogP contribution in [0.15, 0.2) is 0 Å². The molecule has 3 fully saturated rings. The third-order valence-corrected chi connectivity index (χ3v) is 20.2. The highest BCUT2D eigenvalue weighted by atomic mass is 16.4. The molecule has 3 aliphatic rings. The molecule has 43 heteroatoms. The standard InChI is InChI=1S/C73H127N23O20/c1-38(2)56(68(111)85-40(5)58(101)83-41(6)60(103)91-49(72(115)116)26-29-54(79)98)92-64(107)44(19-9-12-32-75)86-63(106)45(21-14-34-82-73(80)81)87-65(108)50-22-15-35-94(50)69(112)47(20-10-13-33-76)89-59(102)42(7)84-62(105)46(25-28-53(78)97)88-66(109)51-23-17-37-96(51)71(114)57(39(3)4)93-67(110)52-24-16-36-95(52)70(113)48(27-30-55(99)100)90-61(104)43(77)18-8-11-31-74/h38-52,56-57H,8-37,74-77H2,1-7H3,(H2,78,97)(H2,79,98)(H,83,101)(H,84,105)(H,85,111)(H,86,106)(H,87,108)(H,88,109)(H,89,102)(H,90,104)(H,91,103)(H,92,107)(H,93,110)(H,99,100)(H,115,116)(H4,80,81,82)/t40-,41-,42-,43-,44-,45-,46-,47+,48-,49-,50-,51-,52-,56-,57-/m0/s1. The summed E-state index contributed by atoms with van der Waals surface area (Å²) in [6, 6.07) is -19.9. The molecular weight excluding hydrogens is 1520 g/mol. The van der Waals surface area contributed by atoms with Crippen LogP contribution in [0.25, 0.3) is 0 Å². The molecule has 16 amide bonds. The summed E-state index contributed by atoms with van der Waals surface area (Å²) in [7, 11) is 0. The van der Waals surface area contributed by atoms with Gasteiger partial charge in [-0.3, -0.25) is 86.9 Å². The van der Waals surface area contributed by atoms with Gasteiger partial charge in [0.05, 0.1) is 6.04 Å². The topological polar surface area (TPSA) is 708 Å². The Labute approximate surface area is 674 Å². The average Bonchev–Trinajstić information content (AvgIpc) is 1.63. The van der Waals surface area contributed by atoms with Crippen molar-refractivity contribution in [2.45, 2.75) is 287 Å². The third kappa shape index (κ3) is 33.4. The number of guanidine groups is 1. The summed E-state index contributed by atoms with van der Waals surface area (Å²) in [6.07, 6.45) is 1.64. The molecule has 43 nitrogen and oxygen atoms in total. The Kier molecular flexibility index (Phi) is 43.7. The van der Waals surface area contributed by atoms with Crippen LogP contribution in [0.4, 0.5) is 0 Å². The molecular formula is C73H127N23O20. The number of carboxylic acids is 2. The van der Waals surface area contributed by atoms with Crippen molar-refractivity contribution >= 4 is 112 Å². The molecule has 3 saturated heterocycles. The van der Waals surface area contributed by atoms with Gasteiger partial charge >= 0.3 is 11.9 Å². The number of hydrogen-bond donors (Lipinski definition) is 22. The largest absolute Gasteiger partial charge is 0.481 e. The molecule has 0 saturated carbocycles. The maximum absolute atomic E-state index is 14.8. The number of aliphatic carboxylic acids is 2. The SMILES string of the molecule is CC(C)[C@H](NC(=O)[C@H](CCCCN)NC(=O)[C@H](CCCNC(=N)N)NC(=O)[C@@H]1CCCN1C(=O)[C@@H](CCCCN)NC(=O)[C@H](C)NC(=O)[C@H](CCC(N)=O)NC(=O)[C@@H]1CCCN1C(=O)[C@@H](NC(=O)[C@@H]1CCCN1C(=O)[C@H](CCC(=O)O)NC(=O)[C@@H](N)CCCCN)C(C)C)C(=O)N[C@@H](C)C(=O)N[C@@H](C)C(=O)N[C@@H](CCC(N)=O)C(=O)O. The number of rotatable bonds is 53. The van der Waals surface area contributed by atoms with Crippen LogP contribution in [0, 0.1) is 17.2 Å². The zero-order valence-corrected chi connectivity index (χ0v) is 67.7. The van der Waals surface area contributed by atoms with Gasteiger partial charge in [-0.25, -0.2) is 4.79 Å². The van der Waals surface area contributed by atoms with Crippen LogP contribution in [0.2, 0.25) is 0 Å². The number of unbranched alkanes of at least 4 members (excludes halogenated alkanes) is 3. The zero-order chi connectivity index (χ0) is 87.2. The number of nitrogens with zero attached hydrogens (tertiary/aromatic N) is 3. The van der Waals surface area contributed by atoms with E-state index in [2.05, 4.69) is 63.8 Å². The quantitative estimate of drug-likeness (QED) is 0.0153. The second-order valence-electron chi connectivity index (χ2n) is 30.3. The van der Waals surface area contributed by atoms with Crippen molar-refractivity contribution in [2.24, 2.45) is 52.0 Å². The zero-order valence-electron chi connectivity index (χ0n) is 67.7. The number of carbonyl (C=O) groups is 18. The normalized spacial score (nSPS) is 18.3. The first-order valence-electron chi connectivity index (χ1n) is 39.9. The summed E-state index contributed by atoms with van der Waals surface area (Å²) in [6.45, 7) is 11.2. The van der Waals surface area contributed by atoms with Crippen molar-refractivity contribution in [2.75, 3.05) is 45.8 Å². The molecule has 3 rings (SSSR count). The molecule has 3 aliphatic heterocycles. The summed E-state index contributed by atoms with van der Waals surface area (Å²) in [5, 5.41) is 57.6. The van der Waals surface area contributed by atoms with Gasteiger partial charge in [0.2, 0.25) is 94.5 Å². The number of hydrogen-bond acceptors (Lipinski definition) is 23. The van der Waals surface area contributed by atoms with Gasteiger partial charge in [-0.15, -0.1) is 0 Å². The van der Waals surface area contributed by atoms with E-state index in [9.17, 15) is 96.5 Å². The van der Waals surface area contributed by atoms with Crippen LogP contribution in [0.3, 0.4) is 0 Å². The Morgan fingerprint density at radius 1 is 0.371 bits per heavy atom. The minimum Gasteiger partial charge on any atom is -0.481 e. The summed E-state index contributed by atoms with van der Waals surface area (Å²) >= 11 is 0. The maximum Gasteiger partial charge on any atom is 0.326 e. The van der Waals surface area contributed by atoms with E-state index in [1.54, 1.807) is 27.7 Å². The minimum atomic E-state index is -1.55.